The lowest BCUT2D eigenvalue weighted by Crippen LogP contribution is -2.48. The third-order valence-corrected chi connectivity index (χ3v) is 4.96. The zero-order chi connectivity index (χ0) is 18.5. The summed E-state index contributed by atoms with van der Waals surface area (Å²) in [5.74, 6) is 0.502. The standard InChI is InChI=1S/C21H28N2O3/c1-15-13-23(14-16(2)26-15)21(25)19-9-7-18(8-10-19)12-22-20(24)11-17-5-3-4-6-17/h3,5,7-10,15-17H,4,6,11-14H2,1-2H3,(H,22,24)/t15-,16-,17-/m1/s1. The van der Waals surface area contributed by atoms with Crippen LogP contribution < -0.4 is 5.32 Å². The predicted molar refractivity (Wildman–Crippen MR) is 101 cm³/mol. The molecule has 0 radical (unpaired) electrons. The monoisotopic (exact) mass is 356 g/mol. The van der Waals surface area contributed by atoms with Gasteiger partial charge in [-0.1, -0.05) is 24.3 Å². The van der Waals surface area contributed by atoms with E-state index in [1.54, 1.807) is 0 Å². The van der Waals surface area contributed by atoms with E-state index in [0.29, 0.717) is 37.5 Å². The Kier molecular flexibility index (Phi) is 6.09. The van der Waals surface area contributed by atoms with Crippen molar-refractivity contribution >= 4 is 11.8 Å². The van der Waals surface area contributed by atoms with Crippen LogP contribution in [0.5, 0.6) is 0 Å². The molecule has 2 amide bonds. The number of benzene rings is 1. The van der Waals surface area contributed by atoms with E-state index in [-0.39, 0.29) is 24.0 Å². The molecule has 0 aromatic heterocycles. The van der Waals surface area contributed by atoms with Crippen molar-refractivity contribution in [3.05, 3.63) is 47.5 Å². The van der Waals surface area contributed by atoms with Crippen LogP contribution in [0.1, 0.15) is 49.0 Å². The highest BCUT2D eigenvalue weighted by molar-refractivity contribution is 5.94. The van der Waals surface area contributed by atoms with Crippen molar-refractivity contribution in [1.29, 1.82) is 0 Å². The Labute approximate surface area is 155 Å². The van der Waals surface area contributed by atoms with Gasteiger partial charge < -0.3 is 15.0 Å². The van der Waals surface area contributed by atoms with Gasteiger partial charge in [-0.25, -0.2) is 0 Å². The minimum Gasteiger partial charge on any atom is -0.372 e. The molecule has 1 N–H and O–H groups in total. The van der Waals surface area contributed by atoms with E-state index in [9.17, 15) is 9.59 Å². The summed E-state index contributed by atoms with van der Waals surface area (Å²) >= 11 is 0. The van der Waals surface area contributed by atoms with Crippen LogP contribution in [-0.4, -0.2) is 42.0 Å². The average molecular weight is 356 g/mol. The quantitative estimate of drug-likeness (QED) is 0.825. The molecular formula is C21H28N2O3. The number of carbonyl (C=O) groups is 2. The maximum atomic E-state index is 12.7. The number of rotatable bonds is 5. The summed E-state index contributed by atoms with van der Waals surface area (Å²) in [6, 6.07) is 7.51. The molecular weight excluding hydrogens is 328 g/mol. The molecule has 5 nitrogen and oxygen atoms in total. The first-order valence-corrected chi connectivity index (χ1v) is 9.48. The number of nitrogens with zero attached hydrogens (tertiary/aromatic N) is 1. The SMILES string of the molecule is C[C@@H]1CN(C(=O)c2ccc(CNC(=O)C[C@@H]3C=CCC3)cc2)C[C@@H](C)O1. The van der Waals surface area contributed by atoms with Gasteiger partial charge in [0.25, 0.3) is 5.91 Å². The molecule has 1 aliphatic heterocycles. The van der Waals surface area contributed by atoms with Crippen LogP contribution >= 0.6 is 0 Å². The van der Waals surface area contributed by atoms with E-state index in [0.717, 1.165) is 18.4 Å². The lowest BCUT2D eigenvalue weighted by atomic mass is 10.0. The first-order chi connectivity index (χ1) is 12.5. The molecule has 2 aliphatic rings. The van der Waals surface area contributed by atoms with Gasteiger partial charge in [0.1, 0.15) is 0 Å². The summed E-state index contributed by atoms with van der Waals surface area (Å²) in [6.45, 7) is 5.72. The van der Waals surface area contributed by atoms with Crippen LogP contribution in [0.15, 0.2) is 36.4 Å². The van der Waals surface area contributed by atoms with Gasteiger partial charge in [-0.05, 0) is 50.3 Å². The Bertz CT molecular complexity index is 658. The maximum absolute atomic E-state index is 12.7. The molecule has 26 heavy (non-hydrogen) atoms. The van der Waals surface area contributed by atoms with Crippen LogP contribution in [0.25, 0.3) is 0 Å². The molecule has 0 spiro atoms. The summed E-state index contributed by atoms with van der Waals surface area (Å²) in [5.41, 5.74) is 1.68. The Morgan fingerprint density at radius 2 is 1.85 bits per heavy atom. The van der Waals surface area contributed by atoms with Gasteiger partial charge in [-0.2, -0.15) is 0 Å². The smallest absolute Gasteiger partial charge is 0.254 e. The molecule has 1 aromatic carbocycles. The maximum Gasteiger partial charge on any atom is 0.254 e. The van der Waals surface area contributed by atoms with Gasteiger partial charge in [0.05, 0.1) is 12.2 Å². The number of ether oxygens (including phenoxy) is 1. The van der Waals surface area contributed by atoms with Gasteiger partial charge in [0, 0.05) is 31.6 Å². The van der Waals surface area contributed by atoms with Gasteiger partial charge in [0.2, 0.25) is 5.91 Å². The second-order valence-electron chi connectivity index (χ2n) is 7.41. The number of amides is 2. The first kappa shape index (κ1) is 18.6. The largest absolute Gasteiger partial charge is 0.372 e. The Balaban J connectivity index is 1.50. The number of nitrogens with one attached hydrogen (secondary N) is 1. The molecule has 140 valence electrons. The second kappa shape index (κ2) is 8.49. The highest BCUT2D eigenvalue weighted by atomic mass is 16.5. The fraction of sp³-hybridized carbons (Fsp3) is 0.524. The zero-order valence-corrected chi connectivity index (χ0v) is 15.6. The highest BCUT2D eigenvalue weighted by Gasteiger charge is 2.26. The number of hydrogen-bond donors (Lipinski definition) is 1. The van der Waals surface area contributed by atoms with E-state index in [1.165, 1.54) is 0 Å². The zero-order valence-electron chi connectivity index (χ0n) is 15.6. The summed E-state index contributed by atoms with van der Waals surface area (Å²) in [6.07, 6.45) is 7.10. The average Bonchev–Trinajstić information content (AvgIpc) is 3.12. The molecule has 1 aromatic rings. The Morgan fingerprint density at radius 3 is 2.46 bits per heavy atom. The van der Waals surface area contributed by atoms with E-state index < -0.39 is 0 Å². The van der Waals surface area contributed by atoms with Crippen LogP contribution in [0.4, 0.5) is 0 Å². The number of hydrogen-bond acceptors (Lipinski definition) is 3. The number of morpholine rings is 1. The molecule has 5 heteroatoms. The Morgan fingerprint density at radius 1 is 1.15 bits per heavy atom. The molecule has 0 bridgehead atoms. The van der Waals surface area contributed by atoms with Crippen molar-refractivity contribution in [2.75, 3.05) is 13.1 Å². The normalized spacial score (nSPS) is 25.3. The molecule has 0 unspecified atom stereocenters. The molecule has 3 rings (SSSR count). The van der Waals surface area contributed by atoms with Gasteiger partial charge in [-0.3, -0.25) is 9.59 Å². The van der Waals surface area contributed by atoms with Crippen molar-refractivity contribution in [3.63, 3.8) is 0 Å². The van der Waals surface area contributed by atoms with E-state index >= 15 is 0 Å². The van der Waals surface area contributed by atoms with Crippen molar-refractivity contribution in [3.8, 4) is 0 Å². The summed E-state index contributed by atoms with van der Waals surface area (Å²) in [5, 5.41) is 2.96. The van der Waals surface area contributed by atoms with E-state index in [1.807, 2.05) is 43.0 Å². The van der Waals surface area contributed by atoms with E-state index in [2.05, 4.69) is 17.5 Å². The minimum atomic E-state index is 0.0376. The van der Waals surface area contributed by atoms with E-state index in [4.69, 9.17) is 4.74 Å². The molecule has 1 fully saturated rings. The second-order valence-corrected chi connectivity index (χ2v) is 7.41. The van der Waals surface area contributed by atoms with Crippen LogP contribution in [0, 0.1) is 5.92 Å². The van der Waals surface area contributed by atoms with Crippen LogP contribution in [-0.2, 0) is 16.1 Å². The summed E-state index contributed by atoms with van der Waals surface area (Å²) in [7, 11) is 0. The molecule has 1 heterocycles. The third kappa shape index (κ3) is 4.94. The molecule has 1 saturated heterocycles. The summed E-state index contributed by atoms with van der Waals surface area (Å²) in [4.78, 5) is 26.5. The first-order valence-electron chi connectivity index (χ1n) is 9.48. The summed E-state index contributed by atoms with van der Waals surface area (Å²) < 4.78 is 5.69. The van der Waals surface area contributed by atoms with Gasteiger partial charge in [0.15, 0.2) is 0 Å². The van der Waals surface area contributed by atoms with Gasteiger partial charge in [-0.15, -0.1) is 0 Å². The molecule has 1 aliphatic carbocycles. The molecule has 3 atom stereocenters. The van der Waals surface area contributed by atoms with Crippen molar-refractivity contribution < 1.29 is 14.3 Å². The van der Waals surface area contributed by atoms with Gasteiger partial charge >= 0.3 is 0 Å². The topological polar surface area (TPSA) is 58.6 Å². The molecule has 0 saturated carbocycles. The highest BCUT2D eigenvalue weighted by Crippen LogP contribution is 2.20. The number of allylic oxidation sites excluding steroid dienone is 2. The van der Waals surface area contributed by atoms with Crippen molar-refractivity contribution in [2.24, 2.45) is 5.92 Å². The predicted octanol–water partition coefficient (Wildman–Crippen LogP) is 2.91. The fourth-order valence-electron chi connectivity index (χ4n) is 3.67. The van der Waals surface area contributed by atoms with Crippen LogP contribution in [0.2, 0.25) is 0 Å². The van der Waals surface area contributed by atoms with Crippen molar-refractivity contribution in [2.45, 2.75) is 51.9 Å². The third-order valence-electron chi connectivity index (χ3n) is 4.96. The van der Waals surface area contributed by atoms with Crippen LogP contribution in [0.3, 0.4) is 0 Å². The number of carbonyl (C=O) groups excluding carboxylic acids is 2. The Hall–Kier alpha value is -2.14. The fourth-order valence-corrected chi connectivity index (χ4v) is 3.67. The minimum absolute atomic E-state index is 0.0376. The van der Waals surface area contributed by atoms with Crippen molar-refractivity contribution in [1.82, 2.24) is 10.2 Å². The lowest BCUT2D eigenvalue weighted by Gasteiger charge is -2.35. The lowest BCUT2D eigenvalue weighted by molar-refractivity contribution is -0.121.